The molecule has 1 aliphatic heterocycles. The standard InChI is InChI=1S/C20H21ClN2O5S/c1-13-12-29(26,27)23(20(13)25)18-11-15(6-7-17(18)21)19(24)22-9-8-14-4-3-5-16(10-14)28-2/h3-7,10-11,13H,8-9,12H2,1-2H3,(H,22,24). The quantitative estimate of drug-likeness (QED) is 0.751. The summed E-state index contributed by atoms with van der Waals surface area (Å²) in [5.41, 5.74) is 1.23. The van der Waals surface area contributed by atoms with Crippen molar-refractivity contribution < 1.29 is 22.7 Å². The minimum Gasteiger partial charge on any atom is -0.497 e. The van der Waals surface area contributed by atoms with Crippen molar-refractivity contribution in [2.24, 2.45) is 5.92 Å². The van der Waals surface area contributed by atoms with Crippen LogP contribution in [0.15, 0.2) is 42.5 Å². The van der Waals surface area contributed by atoms with Gasteiger partial charge in [-0.05, 0) is 42.3 Å². The van der Waals surface area contributed by atoms with Crippen molar-refractivity contribution >= 4 is 39.1 Å². The van der Waals surface area contributed by atoms with Gasteiger partial charge in [0.2, 0.25) is 15.9 Å². The molecule has 0 aliphatic carbocycles. The number of anilines is 1. The summed E-state index contributed by atoms with van der Waals surface area (Å²) in [5, 5.41) is 2.87. The summed E-state index contributed by atoms with van der Waals surface area (Å²) < 4.78 is 30.5. The second-order valence-corrected chi connectivity index (χ2v) is 9.08. The van der Waals surface area contributed by atoms with Crippen LogP contribution in [-0.4, -0.2) is 39.6 Å². The van der Waals surface area contributed by atoms with E-state index in [2.05, 4.69) is 5.32 Å². The number of nitrogens with one attached hydrogen (secondary N) is 1. The Labute approximate surface area is 174 Å². The van der Waals surface area contributed by atoms with Crippen LogP contribution >= 0.6 is 11.6 Å². The molecule has 2 aromatic rings. The Bertz CT molecular complexity index is 1050. The van der Waals surface area contributed by atoms with Crippen LogP contribution in [0.1, 0.15) is 22.8 Å². The second kappa shape index (κ2) is 8.42. The average molecular weight is 437 g/mol. The number of carbonyl (C=O) groups is 2. The predicted octanol–water partition coefficient (Wildman–Crippen LogP) is 2.63. The van der Waals surface area contributed by atoms with Gasteiger partial charge in [-0.25, -0.2) is 12.7 Å². The molecule has 0 spiro atoms. The van der Waals surface area contributed by atoms with Gasteiger partial charge in [-0.1, -0.05) is 30.7 Å². The molecule has 3 rings (SSSR count). The lowest BCUT2D eigenvalue weighted by atomic mass is 10.1. The molecule has 2 aromatic carbocycles. The molecule has 1 fully saturated rings. The van der Waals surface area contributed by atoms with Gasteiger partial charge in [0.05, 0.1) is 29.5 Å². The van der Waals surface area contributed by atoms with E-state index in [1.54, 1.807) is 14.0 Å². The first kappa shape index (κ1) is 21.1. The number of halogens is 1. The molecule has 154 valence electrons. The number of nitrogens with zero attached hydrogens (tertiary/aromatic N) is 1. The van der Waals surface area contributed by atoms with E-state index in [4.69, 9.17) is 16.3 Å². The summed E-state index contributed by atoms with van der Waals surface area (Å²) in [6.07, 6.45) is 0.597. The van der Waals surface area contributed by atoms with Crippen molar-refractivity contribution in [2.45, 2.75) is 13.3 Å². The van der Waals surface area contributed by atoms with Crippen LogP contribution in [0.2, 0.25) is 5.02 Å². The number of carbonyl (C=O) groups excluding carboxylic acids is 2. The zero-order valence-electron chi connectivity index (χ0n) is 16.0. The molecule has 1 atom stereocenters. The largest absolute Gasteiger partial charge is 0.497 e. The fourth-order valence-electron chi connectivity index (χ4n) is 3.13. The molecule has 1 saturated heterocycles. The molecule has 9 heteroatoms. The molecule has 7 nitrogen and oxygen atoms in total. The zero-order chi connectivity index (χ0) is 21.2. The molecule has 2 amide bonds. The lowest BCUT2D eigenvalue weighted by Crippen LogP contribution is -2.31. The molecule has 1 unspecified atom stereocenters. The minimum atomic E-state index is -3.81. The highest BCUT2D eigenvalue weighted by Gasteiger charge is 2.43. The van der Waals surface area contributed by atoms with Gasteiger partial charge >= 0.3 is 0 Å². The Balaban J connectivity index is 1.73. The van der Waals surface area contributed by atoms with Crippen molar-refractivity contribution in [3.05, 3.63) is 58.6 Å². The van der Waals surface area contributed by atoms with E-state index in [0.717, 1.165) is 11.3 Å². The Kier molecular flexibility index (Phi) is 6.14. The predicted molar refractivity (Wildman–Crippen MR) is 111 cm³/mol. The maximum Gasteiger partial charge on any atom is 0.251 e. The third-order valence-electron chi connectivity index (χ3n) is 4.62. The SMILES string of the molecule is COc1cccc(CCNC(=O)c2ccc(Cl)c(N3C(=O)C(C)CS3(=O)=O)c2)c1. The van der Waals surface area contributed by atoms with E-state index in [9.17, 15) is 18.0 Å². The third kappa shape index (κ3) is 4.54. The van der Waals surface area contributed by atoms with Crippen LogP contribution in [0.25, 0.3) is 0 Å². The first-order valence-electron chi connectivity index (χ1n) is 9.00. The number of amides is 2. The van der Waals surface area contributed by atoms with E-state index in [1.165, 1.54) is 18.2 Å². The van der Waals surface area contributed by atoms with Crippen molar-refractivity contribution in [3.8, 4) is 5.75 Å². The van der Waals surface area contributed by atoms with Gasteiger partial charge in [0.15, 0.2) is 0 Å². The van der Waals surface area contributed by atoms with Gasteiger partial charge in [-0.2, -0.15) is 0 Å². The van der Waals surface area contributed by atoms with Gasteiger partial charge < -0.3 is 10.1 Å². The van der Waals surface area contributed by atoms with E-state index in [0.29, 0.717) is 17.3 Å². The number of hydrogen-bond acceptors (Lipinski definition) is 5. The fourth-order valence-corrected chi connectivity index (χ4v) is 5.21. The number of benzene rings is 2. The molecule has 0 bridgehead atoms. The fraction of sp³-hybridized carbons (Fsp3) is 0.300. The zero-order valence-corrected chi connectivity index (χ0v) is 17.6. The van der Waals surface area contributed by atoms with Gasteiger partial charge in [0.25, 0.3) is 5.91 Å². The molecule has 0 radical (unpaired) electrons. The number of ether oxygens (including phenoxy) is 1. The van der Waals surface area contributed by atoms with Crippen molar-refractivity contribution in [1.82, 2.24) is 5.32 Å². The van der Waals surface area contributed by atoms with E-state index in [1.807, 2.05) is 24.3 Å². The van der Waals surface area contributed by atoms with Crippen LogP contribution in [0, 0.1) is 5.92 Å². The van der Waals surface area contributed by atoms with Crippen molar-refractivity contribution in [3.63, 3.8) is 0 Å². The maximum atomic E-state index is 12.5. The Morgan fingerprint density at radius 1 is 1.28 bits per heavy atom. The smallest absolute Gasteiger partial charge is 0.251 e. The number of sulfonamides is 1. The average Bonchev–Trinajstić information content (AvgIpc) is 2.89. The highest BCUT2D eigenvalue weighted by Crippen LogP contribution is 2.34. The summed E-state index contributed by atoms with van der Waals surface area (Å²) in [7, 11) is -2.22. The van der Waals surface area contributed by atoms with Crippen molar-refractivity contribution in [1.29, 1.82) is 0 Å². The molecule has 1 N–H and O–H groups in total. The van der Waals surface area contributed by atoms with Crippen LogP contribution in [0.3, 0.4) is 0 Å². The van der Waals surface area contributed by atoms with E-state index >= 15 is 0 Å². The summed E-state index contributed by atoms with van der Waals surface area (Å²) in [6, 6.07) is 11.8. The van der Waals surface area contributed by atoms with Gasteiger partial charge in [0.1, 0.15) is 5.75 Å². The van der Waals surface area contributed by atoms with E-state index < -0.39 is 21.8 Å². The summed E-state index contributed by atoms with van der Waals surface area (Å²) in [6.45, 7) is 1.92. The highest BCUT2D eigenvalue weighted by atomic mass is 35.5. The Hall–Kier alpha value is -2.58. The molecule has 29 heavy (non-hydrogen) atoms. The normalized spacial score (nSPS) is 18.0. The third-order valence-corrected chi connectivity index (χ3v) is 6.79. The lowest BCUT2D eigenvalue weighted by molar-refractivity contribution is -0.119. The van der Waals surface area contributed by atoms with Crippen LogP contribution in [-0.2, 0) is 21.2 Å². The number of rotatable bonds is 6. The first-order chi connectivity index (χ1) is 13.7. The molecule has 0 saturated carbocycles. The van der Waals surface area contributed by atoms with Crippen LogP contribution in [0.5, 0.6) is 5.75 Å². The van der Waals surface area contributed by atoms with Crippen LogP contribution < -0.4 is 14.4 Å². The number of hydrogen-bond donors (Lipinski definition) is 1. The van der Waals surface area contributed by atoms with E-state index in [-0.39, 0.29) is 27.9 Å². The second-order valence-electron chi connectivity index (χ2n) is 6.81. The molecule has 1 aliphatic rings. The van der Waals surface area contributed by atoms with Gasteiger partial charge in [-0.15, -0.1) is 0 Å². The Morgan fingerprint density at radius 2 is 2.03 bits per heavy atom. The summed E-state index contributed by atoms with van der Waals surface area (Å²) in [5.74, 6) is -1.14. The summed E-state index contributed by atoms with van der Waals surface area (Å²) >= 11 is 6.13. The molecular weight excluding hydrogens is 416 g/mol. The molecule has 0 aromatic heterocycles. The molecular formula is C20H21ClN2O5S. The highest BCUT2D eigenvalue weighted by molar-refractivity contribution is 7.94. The maximum absolute atomic E-state index is 12.5. The minimum absolute atomic E-state index is 0.00135. The Morgan fingerprint density at radius 3 is 2.69 bits per heavy atom. The van der Waals surface area contributed by atoms with Gasteiger partial charge in [-0.3, -0.25) is 9.59 Å². The van der Waals surface area contributed by atoms with Crippen molar-refractivity contribution in [2.75, 3.05) is 23.7 Å². The summed E-state index contributed by atoms with van der Waals surface area (Å²) in [4.78, 5) is 24.8. The van der Waals surface area contributed by atoms with Gasteiger partial charge in [0, 0.05) is 12.1 Å². The molecule has 1 heterocycles. The van der Waals surface area contributed by atoms with Crippen LogP contribution in [0.4, 0.5) is 5.69 Å². The topological polar surface area (TPSA) is 92.8 Å². The lowest BCUT2D eigenvalue weighted by Gasteiger charge is -2.17. The number of methoxy groups -OCH3 is 1. The monoisotopic (exact) mass is 436 g/mol. The first-order valence-corrected chi connectivity index (χ1v) is 11.0.